The summed E-state index contributed by atoms with van der Waals surface area (Å²) in [5.74, 6) is 1.52. The second-order valence-corrected chi connectivity index (χ2v) is 6.43. The minimum absolute atomic E-state index is 0.0212. The van der Waals surface area contributed by atoms with Crippen LogP contribution in [0.3, 0.4) is 0 Å². The number of aryl methyl sites for hydroxylation is 1. The molecule has 1 saturated carbocycles. The van der Waals surface area contributed by atoms with E-state index in [2.05, 4.69) is 35.4 Å². The number of fused-ring (bicyclic) bond motifs is 1. The smallest absolute Gasteiger partial charge is 0.253 e. The molecule has 4 rings (SSSR count). The van der Waals surface area contributed by atoms with E-state index in [0.29, 0.717) is 12.5 Å². The summed E-state index contributed by atoms with van der Waals surface area (Å²) in [6, 6.07) is 8.14. The number of rotatable bonds is 4. The van der Waals surface area contributed by atoms with Crippen LogP contribution in [0.15, 0.2) is 30.5 Å². The molecule has 1 atom stereocenters. The van der Waals surface area contributed by atoms with Crippen molar-refractivity contribution < 1.29 is 9.53 Å². The van der Waals surface area contributed by atoms with Gasteiger partial charge < -0.3 is 15.0 Å². The number of hydrogen-bond acceptors (Lipinski definition) is 2. The molecule has 1 amide bonds. The topological polar surface area (TPSA) is 54.1 Å². The monoisotopic (exact) mass is 310 g/mol. The average Bonchev–Trinajstić information content (AvgIpc) is 3.31. The standard InChI is InChI=1S/C19H22N2O2/c1-2-12-4-3-5-14-16(9-11-23-18(12)14)21-19(22)15-8-10-20-17(15)13-6-7-13/h3-5,8,10,13,16,20H,2,6-7,9,11H2,1H3,(H,21,22)/t16-/m0/s1. The van der Waals surface area contributed by atoms with Gasteiger partial charge in [0.15, 0.2) is 0 Å². The Bertz CT molecular complexity index is 731. The van der Waals surface area contributed by atoms with Crippen LogP contribution in [-0.2, 0) is 6.42 Å². The van der Waals surface area contributed by atoms with Gasteiger partial charge in [-0.15, -0.1) is 0 Å². The molecule has 0 radical (unpaired) electrons. The first-order chi connectivity index (χ1) is 11.3. The summed E-state index contributed by atoms with van der Waals surface area (Å²) in [6.45, 7) is 2.78. The van der Waals surface area contributed by atoms with Gasteiger partial charge >= 0.3 is 0 Å². The van der Waals surface area contributed by atoms with E-state index in [1.54, 1.807) is 0 Å². The first-order valence-corrected chi connectivity index (χ1v) is 8.50. The van der Waals surface area contributed by atoms with Gasteiger partial charge in [-0.1, -0.05) is 25.1 Å². The largest absolute Gasteiger partial charge is 0.493 e. The van der Waals surface area contributed by atoms with Gasteiger partial charge in [-0.05, 0) is 36.8 Å². The maximum Gasteiger partial charge on any atom is 0.253 e. The van der Waals surface area contributed by atoms with Crippen molar-refractivity contribution in [1.82, 2.24) is 10.3 Å². The molecule has 2 N–H and O–H groups in total. The Morgan fingerprint density at radius 3 is 2.96 bits per heavy atom. The van der Waals surface area contributed by atoms with Crippen LogP contribution in [0, 0.1) is 0 Å². The minimum atomic E-state index is 0.0212. The molecule has 0 bridgehead atoms. The van der Waals surface area contributed by atoms with E-state index in [1.165, 1.54) is 18.4 Å². The molecule has 1 fully saturated rings. The molecule has 0 unspecified atom stereocenters. The van der Waals surface area contributed by atoms with Crippen LogP contribution in [0.1, 0.15) is 65.3 Å². The Balaban J connectivity index is 1.58. The van der Waals surface area contributed by atoms with E-state index >= 15 is 0 Å². The lowest BCUT2D eigenvalue weighted by Crippen LogP contribution is -2.32. The molecule has 2 aliphatic rings. The Morgan fingerprint density at radius 1 is 1.30 bits per heavy atom. The number of benzene rings is 1. The normalized spacial score (nSPS) is 19.8. The summed E-state index contributed by atoms with van der Waals surface area (Å²) < 4.78 is 5.86. The molecule has 0 saturated heterocycles. The molecule has 1 aliphatic carbocycles. The number of carbonyl (C=O) groups excluding carboxylic acids is 1. The van der Waals surface area contributed by atoms with Crippen LogP contribution in [0.5, 0.6) is 5.75 Å². The van der Waals surface area contributed by atoms with Crippen molar-refractivity contribution in [2.75, 3.05) is 6.61 Å². The van der Waals surface area contributed by atoms with Crippen molar-refractivity contribution in [2.24, 2.45) is 0 Å². The molecule has 4 nitrogen and oxygen atoms in total. The van der Waals surface area contributed by atoms with E-state index in [9.17, 15) is 4.79 Å². The predicted molar refractivity (Wildman–Crippen MR) is 88.9 cm³/mol. The summed E-state index contributed by atoms with van der Waals surface area (Å²) in [5, 5.41) is 3.21. The van der Waals surface area contributed by atoms with Crippen molar-refractivity contribution in [3.8, 4) is 5.75 Å². The number of aromatic amines is 1. The highest BCUT2D eigenvalue weighted by atomic mass is 16.5. The Kier molecular flexibility index (Phi) is 3.60. The van der Waals surface area contributed by atoms with Crippen molar-refractivity contribution in [2.45, 2.75) is 44.6 Å². The lowest BCUT2D eigenvalue weighted by atomic mass is 9.96. The fourth-order valence-electron chi connectivity index (χ4n) is 3.44. The number of ether oxygens (including phenoxy) is 1. The minimum Gasteiger partial charge on any atom is -0.493 e. The molecule has 0 spiro atoms. The number of aromatic nitrogens is 1. The van der Waals surface area contributed by atoms with E-state index in [1.807, 2.05) is 12.3 Å². The van der Waals surface area contributed by atoms with Gasteiger partial charge in [-0.2, -0.15) is 0 Å². The second-order valence-electron chi connectivity index (χ2n) is 6.43. The quantitative estimate of drug-likeness (QED) is 0.904. The molecular formula is C19H22N2O2. The van der Waals surface area contributed by atoms with Crippen LogP contribution in [0.2, 0.25) is 0 Å². The molecule has 23 heavy (non-hydrogen) atoms. The van der Waals surface area contributed by atoms with Gasteiger partial charge in [0, 0.05) is 23.9 Å². The molecule has 120 valence electrons. The number of nitrogens with one attached hydrogen (secondary N) is 2. The summed E-state index contributed by atoms with van der Waals surface area (Å²) >= 11 is 0. The van der Waals surface area contributed by atoms with Crippen LogP contribution >= 0.6 is 0 Å². The SMILES string of the molecule is CCc1cccc2c1OCC[C@@H]2NC(=O)c1cc[nH]c1C1CC1. The van der Waals surface area contributed by atoms with E-state index < -0.39 is 0 Å². The molecule has 2 heterocycles. The summed E-state index contributed by atoms with van der Waals surface area (Å²) in [5.41, 5.74) is 4.21. The van der Waals surface area contributed by atoms with Gasteiger partial charge in [-0.3, -0.25) is 4.79 Å². The number of H-pyrrole nitrogens is 1. The number of para-hydroxylation sites is 1. The maximum atomic E-state index is 12.7. The fourth-order valence-corrected chi connectivity index (χ4v) is 3.44. The van der Waals surface area contributed by atoms with Crippen molar-refractivity contribution in [3.05, 3.63) is 52.8 Å². The Hall–Kier alpha value is -2.23. The highest BCUT2D eigenvalue weighted by molar-refractivity contribution is 5.96. The molecule has 1 aliphatic heterocycles. The number of amides is 1. The predicted octanol–water partition coefficient (Wildman–Crippen LogP) is 3.71. The first kappa shape index (κ1) is 14.4. The summed E-state index contributed by atoms with van der Waals surface area (Å²) in [7, 11) is 0. The third-order valence-corrected chi connectivity index (χ3v) is 4.85. The highest BCUT2D eigenvalue weighted by Gasteiger charge is 2.31. The zero-order valence-corrected chi connectivity index (χ0v) is 13.4. The highest BCUT2D eigenvalue weighted by Crippen LogP contribution is 2.41. The van der Waals surface area contributed by atoms with Gasteiger partial charge in [0.25, 0.3) is 5.91 Å². The van der Waals surface area contributed by atoms with Crippen LogP contribution in [0.4, 0.5) is 0 Å². The molecular weight excluding hydrogens is 288 g/mol. The van der Waals surface area contributed by atoms with Crippen molar-refractivity contribution in [3.63, 3.8) is 0 Å². The lowest BCUT2D eigenvalue weighted by Gasteiger charge is -2.28. The summed E-state index contributed by atoms with van der Waals surface area (Å²) in [4.78, 5) is 16.0. The van der Waals surface area contributed by atoms with Gasteiger partial charge in [0.2, 0.25) is 0 Å². The van der Waals surface area contributed by atoms with Crippen LogP contribution < -0.4 is 10.1 Å². The third kappa shape index (κ3) is 2.62. The Labute approximate surface area is 136 Å². The maximum absolute atomic E-state index is 12.7. The van der Waals surface area contributed by atoms with Crippen molar-refractivity contribution >= 4 is 5.91 Å². The molecule has 1 aromatic heterocycles. The van der Waals surface area contributed by atoms with E-state index in [4.69, 9.17) is 4.74 Å². The first-order valence-electron chi connectivity index (χ1n) is 8.50. The van der Waals surface area contributed by atoms with Gasteiger partial charge in [-0.25, -0.2) is 0 Å². The van der Waals surface area contributed by atoms with E-state index in [0.717, 1.165) is 35.4 Å². The third-order valence-electron chi connectivity index (χ3n) is 4.85. The van der Waals surface area contributed by atoms with Gasteiger partial charge in [0.1, 0.15) is 5.75 Å². The fraction of sp³-hybridized carbons (Fsp3) is 0.421. The Morgan fingerprint density at radius 2 is 2.17 bits per heavy atom. The molecule has 1 aromatic carbocycles. The lowest BCUT2D eigenvalue weighted by molar-refractivity contribution is 0.0923. The van der Waals surface area contributed by atoms with E-state index in [-0.39, 0.29) is 11.9 Å². The second kappa shape index (κ2) is 5.76. The molecule has 2 aromatic rings. The zero-order valence-electron chi connectivity index (χ0n) is 13.4. The van der Waals surface area contributed by atoms with Crippen LogP contribution in [0.25, 0.3) is 0 Å². The average molecular weight is 310 g/mol. The summed E-state index contributed by atoms with van der Waals surface area (Å²) in [6.07, 6.45) is 5.99. The van der Waals surface area contributed by atoms with Crippen LogP contribution in [-0.4, -0.2) is 17.5 Å². The molecule has 4 heteroatoms. The van der Waals surface area contributed by atoms with Gasteiger partial charge in [0.05, 0.1) is 18.2 Å². The zero-order chi connectivity index (χ0) is 15.8. The number of hydrogen-bond donors (Lipinski definition) is 2. The number of carbonyl (C=O) groups is 1. The van der Waals surface area contributed by atoms with Crippen molar-refractivity contribution in [1.29, 1.82) is 0 Å².